The number of alkyl halides is 3. The first kappa shape index (κ1) is 20.2. The maximum Gasteiger partial charge on any atom is 0.511 e. The van der Waals surface area contributed by atoms with Crippen LogP contribution in [0.25, 0.3) is 0 Å². The van der Waals surface area contributed by atoms with E-state index in [0.29, 0.717) is 28.8 Å². The number of H-pyrrole nitrogens is 1. The van der Waals surface area contributed by atoms with Crippen LogP contribution >= 0.6 is 0 Å². The zero-order valence-electron chi connectivity index (χ0n) is 15.8. The van der Waals surface area contributed by atoms with Gasteiger partial charge >= 0.3 is 15.5 Å². The van der Waals surface area contributed by atoms with E-state index in [1.165, 1.54) is 0 Å². The molecule has 1 unspecified atom stereocenters. The van der Waals surface area contributed by atoms with Gasteiger partial charge in [0.05, 0.1) is 18.6 Å². The van der Waals surface area contributed by atoms with Crippen molar-refractivity contribution < 1.29 is 23.0 Å². The van der Waals surface area contributed by atoms with Crippen LogP contribution in [0, 0.1) is 5.92 Å². The minimum Gasteiger partial charge on any atom is -0.361 e. The summed E-state index contributed by atoms with van der Waals surface area (Å²) in [7, 11) is -5.42. The maximum atomic E-state index is 13.3. The van der Waals surface area contributed by atoms with Crippen LogP contribution in [0.3, 0.4) is 0 Å². The molecule has 6 nitrogen and oxygen atoms in total. The molecule has 29 heavy (non-hydrogen) atoms. The third-order valence-electron chi connectivity index (χ3n) is 5.64. The van der Waals surface area contributed by atoms with Crippen LogP contribution in [-0.2, 0) is 23.1 Å². The standard InChI is InChI=1S/C19H23F3N4O2S.H2/c20-19(21,22)29(27,28)25-10-15-3-1-2-4-18(15)26(11-16-9-23-13-24-16)17(12-25)8-7-14-5-6-14;/h1-4,9,13-14,17H,5-8,10-12H2,(H,23,24);1H. The molecule has 160 valence electrons. The van der Waals surface area contributed by atoms with Crippen molar-refractivity contribution in [3.8, 4) is 0 Å². The van der Waals surface area contributed by atoms with E-state index in [1.54, 1.807) is 24.7 Å². The highest BCUT2D eigenvalue weighted by Crippen LogP contribution is 2.38. The molecule has 2 aromatic rings. The van der Waals surface area contributed by atoms with E-state index in [2.05, 4.69) is 9.97 Å². The molecule has 2 heterocycles. The quantitative estimate of drug-likeness (QED) is 0.755. The molecule has 1 N–H and O–H groups in total. The van der Waals surface area contributed by atoms with Crippen LogP contribution in [0.15, 0.2) is 36.8 Å². The molecule has 0 bridgehead atoms. The van der Waals surface area contributed by atoms with Gasteiger partial charge < -0.3 is 9.88 Å². The number of hydrogen-bond acceptors (Lipinski definition) is 4. The smallest absolute Gasteiger partial charge is 0.361 e. The Bertz CT molecular complexity index is 949. The normalized spacial score (nSPS) is 21.1. The fraction of sp³-hybridized carbons (Fsp3) is 0.526. The Balaban J connectivity index is 0.00000256. The van der Waals surface area contributed by atoms with E-state index in [1.807, 2.05) is 17.0 Å². The second-order valence-corrected chi connectivity index (χ2v) is 9.68. The lowest BCUT2D eigenvalue weighted by Gasteiger charge is -2.34. The van der Waals surface area contributed by atoms with Gasteiger partial charge in [0, 0.05) is 32.4 Å². The molecule has 4 rings (SSSR count). The van der Waals surface area contributed by atoms with Gasteiger partial charge in [0.2, 0.25) is 0 Å². The van der Waals surface area contributed by atoms with E-state index in [9.17, 15) is 21.6 Å². The molecule has 1 aliphatic carbocycles. The van der Waals surface area contributed by atoms with Crippen molar-refractivity contribution >= 4 is 15.7 Å². The zero-order chi connectivity index (χ0) is 20.6. The largest absolute Gasteiger partial charge is 0.511 e. The molecule has 1 aromatic heterocycles. The lowest BCUT2D eigenvalue weighted by molar-refractivity contribution is -0.0492. The van der Waals surface area contributed by atoms with Crippen molar-refractivity contribution in [1.29, 1.82) is 0 Å². The molecule has 0 radical (unpaired) electrons. The second kappa shape index (κ2) is 7.64. The summed E-state index contributed by atoms with van der Waals surface area (Å²) in [4.78, 5) is 9.08. The number of sulfonamides is 1. The average Bonchev–Trinajstić information content (AvgIpc) is 3.38. The SMILES string of the molecule is O=S(=O)(N1Cc2ccccc2N(Cc2cnc[nH]2)C(CCC2CC2)C1)C(F)(F)F.[HH]. The molecule has 1 saturated carbocycles. The van der Waals surface area contributed by atoms with Crippen LogP contribution < -0.4 is 4.90 Å². The Labute approximate surface area is 169 Å². The summed E-state index contributed by atoms with van der Waals surface area (Å²) in [5, 5.41) is 0. The third-order valence-corrected chi connectivity index (χ3v) is 7.18. The Morgan fingerprint density at radius 1 is 1.21 bits per heavy atom. The summed E-state index contributed by atoms with van der Waals surface area (Å²) in [6.45, 7) is -0.0684. The Morgan fingerprint density at radius 3 is 2.62 bits per heavy atom. The molecular formula is C19H25F3N4O2S. The molecule has 1 atom stereocenters. The summed E-state index contributed by atoms with van der Waals surface area (Å²) >= 11 is 0. The first-order chi connectivity index (χ1) is 13.8. The highest BCUT2D eigenvalue weighted by molar-refractivity contribution is 7.89. The predicted octanol–water partition coefficient (Wildman–Crippen LogP) is 3.89. The van der Waals surface area contributed by atoms with E-state index < -0.39 is 15.5 Å². The Morgan fingerprint density at radius 2 is 1.97 bits per heavy atom. The summed E-state index contributed by atoms with van der Waals surface area (Å²) < 4.78 is 65.1. The summed E-state index contributed by atoms with van der Waals surface area (Å²) in [5.41, 5.74) is -3.17. The summed E-state index contributed by atoms with van der Waals surface area (Å²) in [5.74, 6) is 0.593. The fourth-order valence-corrected chi connectivity index (χ4v) is 4.86. The average molecular weight is 430 g/mol. The number of rotatable bonds is 6. The molecule has 0 amide bonds. The molecule has 2 aliphatic rings. The molecule has 0 spiro atoms. The Hall–Kier alpha value is -2.07. The van der Waals surface area contributed by atoms with Gasteiger partial charge in [-0.05, 0) is 30.4 Å². The van der Waals surface area contributed by atoms with Gasteiger partial charge in [-0.2, -0.15) is 17.5 Å². The van der Waals surface area contributed by atoms with E-state index in [-0.39, 0.29) is 20.6 Å². The van der Waals surface area contributed by atoms with Gasteiger partial charge in [-0.25, -0.2) is 13.4 Å². The molecule has 0 saturated heterocycles. The number of anilines is 1. The lowest BCUT2D eigenvalue weighted by Crippen LogP contribution is -2.47. The van der Waals surface area contributed by atoms with Gasteiger partial charge in [-0.3, -0.25) is 0 Å². The first-order valence-electron chi connectivity index (χ1n) is 9.64. The van der Waals surface area contributed by atoms with Gasteiger partial charge in [0.15, 0.2) is 0 Å². The number of aromatic nitrogens is 2. The number of halogens is 3. The number of imidazole rings is 1. The number of hydrogen-bond donors (Lipinski definition) is 1. The molecule has 1 aliphatic heterocycles. The van der Waals surface area contributed by atoms with Crippen molar-refractivity contribution in [3.05, 3.63) is 48.0 Å². The minimum absolute atomic E-state index is 0. The summed E-state index contributed by atoms with van der Waals surface area (Å²) in [6.07, 6.45) is 7.01. The third kappa shape index (κ3) is 4.28. The van der Waals surface area contributed by atoms with Crippen molar-refractivity contribution in [2.75, 3.05) is 11.4 Å². The highest BCUT2D eigenvalue weighted by Gasteiger charge is 2.51. The van der Waals surface area contributed by atoms with Gasteiger partial charge in [0.25, 0.3) is 0 Å². The minimum atomic E-state index is -5.42. The molecule has 1 fully saturated rings. The van der Waals surface area contributed by atoms with E-state index in [4.69, 9.17) is 0 Å². The molecule has 10 heteroatoms. The maximum absolute atomic E-state index is 13.3. The van der Waals surface area contributed by atoms with Crippen LogP contribution in [-0.4, -0.2) is 40.8 Å². The predicted molar refractivity (Wildman–Crippen MR) is 104 cm³/mol. The number of para-hydroxylation sites is 1. The van der Waals surface area contributed by atoms with Crippen molar-refractivity contribution in [1.82, 2.24) is 14.3 Å². The number of benzene rings is 1. The van der Waals surface area contributed by atoms with Crippen LogP contribution in [0.1, 0.15) is 38.4 Å². The van der Waals surface area contributed by atoms with Crippen molar-refractivity contribution in [2.45, 2.75) is 50.3 Å². The van der Waals surface area contributed by atoms with Crippen LogP contribution in [0.2, 0.25) is 0 Å². The van der Waals surface area contributed by atoms with Crippen molar-refractivity contribution in [3.63, 3.8) is 0 Å². The van der Waals surface area contributed by atoms with Gasteiger partial charge in [-0.1, -0.05) is 31.0 Å². The van der Waals surface area contributed by atoms with Crippen LogP contribution in [0.4, 0.5) is 18.9 Å². The van der Waals surface area contributed by atoms with Crippen molar-refractivity contribution in [2.24, 2.45) is 5.92 Å². The molecular weight excluding hydrogens is 405 g/mol. The number of nitrogens with one attached hydrogen (secondary N) is 1. The zero-order valence-corrected chi connectivity index (χ0v) is 16.6. The van der Waals surface area contributed by atoms with Gasteiger partial charge in [-0.15, -0.1) is 0 Å². The fourth-order valence-electron chi connectivity index (χ4n) is 3.89. The van der Waals surface area contributed by atoms with Crippen LogP contribution in [0.5, 0.6) is 0 Å². The highest BCUT2D eigenvalue weighted by atomic mass is 32.2. The lowest BCUT2D eigenvalue weighted by atomic mass is 10.1. The number of fused-ring (bicyclic) bond motifs is 1. The topological polar surface area (TPSA) is 69.3 Å². The monoisotopic (exact) mass is 430 g/mol. The van der Waals surface area contributed by atoms with E-state index >= 15 is 0 Å². The number of aromatic amines is 1. The molecule has 1 aromatic carbocycles. The first-order valence-corrected chi connectivity index (χ1v) is 11.1. The van der Waals surface area contributed by atoms with Gasteiger partial charge in [0.1, 0.15) is 0 Å². The second-order valence-electron chi connectivity index (χ2n) is 7.75. The Kier molecular flexibility index (Phi) is 5.32. The number of nitrogens with zero attached hydrogens (tertiary/aromatic N) is 3. The summed E-state index contributed by atoms with van der Waals surface area (Å²) in [6, 6.07) is 6.72. The van der Waals surface area contributed by atoms with E-state index in [0.717, 1.165) is 30.6 Å².